The smallest absolute Gasteiger partial charge is 0.494 e. The van der Waals surface area contributed by atoms with Crippen LogP contribution in [-0.4, -0.2) is 49.6 Å². The fourth-order valence-electron chi connectivity index (χ4n) is 3.45. The van der Waals surface area contributed by atoms with Gasteiger partial charge in [-0.05, 0) is 86.3 Å². The molecule has 0 aliphatic carbocycles. The molecule has 1 aromatic heterocycles. The molecule has 1 aromatic carbocycles. The lowest BCUT2D eigenvalue weighted by atomic mass is 9.89. The minimum atomic E-state index is -5.84. The molecule has 0 unspecified atom stereocenters. The summed E-state index contributed by atoms with van der Waals surface area (Å²) in [6.07, 6.45) is 5.26. The summed E-state index contributed by atoms with van der Waals surface area (Å²) in [5.74, 6) is 1.74. The Kier molecular flexibility index (Phi) is 8.96. The van der Waals surface area contributed by atoms with E-state index in [0.717, 1.165) is 18.3 Å². The highest BCUT2D eigenvalue weighted by atomic mass is 32.2. The van der Waals surface area contributed by atoms with Crippen molar-refractivity contribution in [2.45, 2.75) is 51.0 Å². The molecule has 10 heteroatoms. The summed E-state index contributed by atoms with van der Waals surface area (Å²) in [4.78, 5) is 2.64. The van der Waals surface area contributed by atoms with Crippen LogP contribution in [0.4, 0.5) is 13.2 Å². The van der Waals surface area contributed by atoms with E-state index in [4.69, 9.17) is 17.7 Å². The van der Waals surface area contributed by atoms with Crippen molar-refractivity contribution in [3.05, 3.63) is 29.1 Å². The molecule has 5 nitrogen and oxygen atoms in total. The van der Waals surface area contributed by atoms with Crippen LogP contribution in [0.1, 0.15) is 51.0 Å². The Morgan fingerprint density at radius 2 is 1.87 bits per heavy atom. The molecule has 170 valence electrons. The number of ether oxygens (including phenoxy) is 1. The molecular weight excluding hydrogens is 439 g/mol. The predicted molar refractivity (Wildman–Crippen MR) is 114 cm³/mol. The number of likely N-dealkylation sites (tertiary alicyclic amines) is 1. The highest BCUT2D eigenvalue weighted by Gasteiger charge is 2.44. The first kappa shape index (κ1) is 24.9. The summed E-state index contributed by atoms with van der Waals surface area (Å²) >= 11 is 1.87. The largest absolute Gasteiger partial charge is 0.522 e. The van der Waals surface area contributed by atoms with E-state index in [2.05, 4.69) is 35.4 Å². The molecule has 1 fully saturated rings. The molecule has 1 saturated heterocycles. The summed E-state index contributed by atoms with van der Waals surface area (Å²) in [5, 5.41) is 3.83. The van der Waals surface area contributed by atoms with E-state index >= 15 is 0 Å². The van der Waals surface area contributed by atoms with Gasteiger partial charge < -0.3 is 9.64 Å². The zero-order chi connectivity index (χ0) is 22.4. The van der Waals surface area contributed by atoms with Crippen LogP contribution in [0.25, 0.3) is 10.1 Å². The summed E-state index contributed by atoms with van der Waals surface area (Å²) in [7, 11) is -5.84. The van der Waals surface area contributed by atoms with E-state index in [-0.39, 0.29) is 0 Å². The third kappa shape index (κ3) is 6.83. The number of piperidine rings is 1. The molecule has 30 heavy (non-hydrogen) atoms. The van der Waals surface area contributed by atoms with Gasteiger partial charge in [-0.3, -0.25) is 4.55 Å². The Labute approximate surface area is 179 Å². The minimum Gasteiger partial charge on any atom is -0.494 e. The third-order valence-electron chi connectivity index (χ3n) is 5.04. The standard InChI is InChI=1S/C19H27NOS.CHF3O3S/c1-3-5-10-20-11-8-15(9-12-20)18-14-22-19-13-16(21-4-2)6-7-17(18)19;2-1(3,4)8(5,6)7/h6-7,13-15H,3-5,8-12H2,1-2H3;(H,5,6,7). The molecule has 2 aromatic rings. The van der Waals surface area contributed by atoms with E-state index in [1.165, 1.54) is 55.4 Å². The van der Waals surface area contributed by atoms with E-state index < -0.39 is 15.6 Å². The van der Waals surface area contributed by atoms with Crippen molar-refractivity contribution in [2.75, 3.05) is 26.2 Å². The van der Waals surface area contributed by atoms with Crippen molar-refractivity contribution < 1.29 is 30.9 Å². The van der Waals surface area contributed by atoms with Crippen LogP contribution in [0.2, 0.25) is 0 Å². The van der Waals surface area contributed by atoms with Crippen molar-refractivity contribution in [1.29, 1.82) is 0 Å². The lowest BCUT2D eigenvalue weighted by Crippen LogP contribution is -2.33. The third-order valence-corrected chi connectivity index (χ3v) is 6.58. The topological polar surface area (TPSA) is 66.8 Å². The van der Waals surface area contributed by atoms with Gasteiger partial charge in [0.25, 0.3) is 0 Å². The van der Waals surface area contributed by atoms with Gasteiger partial charge in [-0.1, -0.05) is 13.3 Å². The molecular formula is C20H28F3NO4S2. The number of hydrogen-bond donors (Lipinski definition) is 1. The average Bonchev–Trinajstić information content (AvgIpc) is 3.09. The molecule has 1 aliphatic heterocycles. The number of rotatable bonds is 6. The summed E-state index contributed by atoms with van der Waals surface area (Å²) in [6.45, 7) is 8.86. The van der Waals surface area contributed by atoms with E-state index in [9.17, 15) is 13.2 Å². The van der Waals surface area contributed by atoms with Crippen LogP contribution < -0.4 is 4.74 Å². The first-order valence-electron chi connectivity index (χ1n) is 9.96. The van der Waals surface area contributed by atoms with E-state index in [1.54, 1.807) is 5.56 Å². The first-order chi connectivity index (χ1) is 14.1. The molecule has 1 N–H and O–H groups in total. The molecule has 0 amide bonds. The maximum absolute atomic E-state index is 10.7. The second-order valence-electron chi connectivity index (χ2n) is 7.17. The number of nitrogens with zero attached hydrogens (tertiary/aromatic N) is 1. The van der Waals surface area contributed by atoms with Crippen LogP contribution in [-0.2, 0) is 10.1 Å². The number of hydrogen-bond acceptors (Lipinski definition) is 5. The summed E-state index contributed by atoms with van der Waals surface area (Å²) in [5.41, 5.74) is -3.97. The monoisotopic (exact) mass is 467 g/mol. The molecule has 0 saturated carbocycles. The van der Waals surface area contributed by atoms with Crippen LogP contribution in [0, 0.1) is 0 Å². The fraction of sp³-hybridized carbons (Fsp3) is 0.600. The average molecular weight is 468 g/mol. The number of thiophene rings is 1. The molecule has 1 aliphatic rings. The molecule has 0 bridgehead atoms. The first-order valence-corrected chi connectivity index (χ1v) is 12.3. The zero-order valence-electron chi connectivity index (χ0n) is 17.1. The quantitative estimate of drug-likeness (QED) is 0.438. The molecule has 0 radical (unpaired) electrons. The number of halogens is 3. The van der Waals surface area contributed by atoms with E-state index in [0.29, 0.717) is 0 Å². The van der Waals surface area contributed by atoms with Gasteiger partial charge in [0.1, 0.15) is 5.75 Å². The molecule has 2 heterocycles. The maximum Gasteiger partial charge on any atom is 0.522 e. The van der Waals surface area contributed by atoms with Crippen LogP contribution in [0.5, 0.6) is 5.75 Å². The van der Waals surface area contributed by atoms with Crippen molar-refractivity contribution in [3.8, 4) is 5.75 Å². The van der Waals surface area contributed by atoms with Crippen molar-refractivity contribution >= 4 is 31.5 Å². The Hall–Kier alpha value is -1.36. The van der Waals surface area contributed by atoms with Gasteiger partial charge in [-0.25, -0.2) is 0 Å². The normalized spacial score (nSPS) is 16.3. The van der Waals surface area contributed by atoms with Crippen molar-refractivity contribution in [1.82, 2.24) is 4.90 Å². The molecule has 0 spiro atoms. The Bertz CT molecular complexity index is 904. The van der Waals surface area contributed by atoms with Crippen LogP contribution in [0.3, 0.4) is 0 Å². The number of benzene rings is 1. The lowest BCUT2D eigenvalue weighted by molar-refractivity contribution is -0.0510. The second-order valence-corrected chi connectivity index (χ2v) is 9.50. The van der Waals surface area contributed by atoms with Crippen molar-refractivity contribution in [3.63, 3.8) is 0 Å². The van der Waals surface area contributed by atoms with Gasteiger partial charge in [-0.2, -0.15) is 21.6 Å². The van der Waals surface area contributed by atoms with Crippen LogP contribution in [0.15, 0.2) is 23.6 Å². The van der Waals surface area contributed by atoms with Crippen LogP contribution >= 0.6 is 11.3 Å². The summed E-state index contributed by atoms with van der Waals surface area (Å²) < 4.78 is 64.5. The fourth-order valence-corrected chi connectivity index (χ4v) is 4.52. The zero-order valence-corrected chi connectivity index (χ0v) is 18.7. The molecule has 3 rings (SSSR count). The SMILES string of the molecule is CCCCN1CCC(c2csc3cc(OCC)ccc23)CC1.O=S(=O)(O)C(F)(F)F. The van der Waals surface area contributed by atoms with E-state index in [1.807, 2.05) is 18.3 Å². The van der Waals surface area contributed by atoms with Gasteiger partial charge in [0.05, 0.1) is 6.61 Å². The van der Waals surface area contributed by atoms with Gasteiger partial charge in [0.15, 0.2) is 0 Å². The molecule has 0 atom stereocenters. The Morgan fingerprint density at radius 1 is 1.23 bits per heavy atom. The highest BCUT2D eigenvalue weighted by molar-refractivity contribution is 7.86. The Morgan fingerprint density at radius 3 is 2.40 bits per heavy atom. The number of unbranched alkanes of at least 4 members (excludes halogenated alkanes) is 1. The summed E-state index contributed by atoms with van der Waals surface area (Å²) in [6, 6.07) is 6.58. The predicted octanol–water partition coefficient (Wildman–Crippen LogP) is 5.67. The number of fused-ring (bicyclic) bond motifs is 1. The van der Waals surface area contributed by atoms with Gasteiger partial charge in [0.2, 0.25) is 0 Å². The maximum atomic E-state index is 10.7. The number of alkyl halides is 3. The minimum absolute atomic E-state index is 0.736. The van der Waals surface area contributed by atoms with Gasteiger partial charge >= 0.3 is 15.6 Å². The highest BCUT2D eigenvalue weighted by Crippen LogP contribution is 2.38. The van der Waals surface area contributed by atoms with Gasteiger partial charge in [0, 0.05) is 4.70 Å². The second kappa shape index (κ2) is 10.8. The Balaban J connectivity index is 0.000000343. The van der Waals surface area contributed by atoms with Gasteiger partial charge in [-0.15, -0.1) is 11.3 Å². The van der Waals surface area contributed by atoms with Crippen molar-refractivity contribution in [2.24, 2.45) is 0 Å². The lowest BCUT2D eigenvalue weighted by Gasteiger charge is -2.31.